The Morgan fingerprint density at radius 3 is 2.52 bits per heavy atom. The van der Waals surface area contributed by atoms with Gasteiger partial charge < -0.3 is 18.9 Å². The number of benzene rings is 2. The summed E-state index contributed by atoms with van der Waals surface area (Å²) in [7, 11) is 3.08. The molecule has 6 nitrogen and oxygen atoms in total. The minimum atomic E-state index is -0.470. The molecule has 140 valence electrons. The molecular formula is C21H21NO5. The summed E-state index contributed by atoms with van der Waals surface area (Å²) in [5, 5.41) is 8.59. The van der Waals surface area contributed by atoms with E-state index in [9.17, 15) is 4.79 Å². The first-order chi connectivity index (χ1) is 13.1. The number of carbonyl (C=O) groups excluding carboxylic acids is 1. The van der Waals surface area contributed by atoms with Gasteiger partial charge in [-0.2, -0.15) is 5.26 Å². The number of hydrogen-bond donors (Lipinski definition) is 0. The van der Waals surface area contributed by atoms with E-state index in [1.807, 2.05) is 31.2 Å². The number of methoxy groups -OCH3 is 2. The van der Waals surface area contributed by atoms with Crippen molar-refractivity contribution in [2.45, 2.75) is 13.5 Å². The number of carbonyl (C=O) groups is 1. The highest BCUT2D eigenvalue weighted by molar-refractivity contribution is 5.87. The van der Waals surface area contributed by atoms with E-state index in [2.05, 4.69) is 0 Å². The zero-order chi connectivity index (χ0) is 19.6. The second kappa shape index (κ2) is 9.88. The number of hydrogen-bond acceptors (Lipinski definition) is 6. The van der Waals surface area contributed by atoms with Crippen molar-refractivity contribution in [3.63, 3.8) is 0 Å². The van der Waals surface area contributed by atoms with Gasteiger partial charge in [-0.25, -0.2) is 4.79 Å². The number of rotatable bonds is 8. The van der Waals surface area contributed by atoms with Crippen molar-refractivity contribution >= 4 is 12.0 Å². The van der Waals surface area contributed by atoms with Gasteiger partial charge >= 0.3 is 5.97 Å². The fraction of sp³-hybridized carbons (Fsp3) is 0.238. The van der Waals surface area contributed by atoms with Crippen LogP contribution in [-0.2, 0) is 16.1 Å². The molecule has 6 heteroatoms. The van der Waals surface area contributed by atoms with Crippen molar-refractivity contribution in [2.24, 2.45) is 0 Å². The van der Waals surface area contributed by atoms with E-state index in [-0.39, 0.29) is 13.2 Å². The van der Waals surface area contributed by atoms with Gasteiger partial charge in [0.05, 0.1) is 14.2 Å². The molecule has 0 aliphatic heterocycles. The van der Waals surface area contributed by atoms with Crippen LogP contribution < -0.4 is 14.2 Å². The highest BCUT2D eigenvalue weighted by Crippen LogP contribution is 2.28. The molecule has 0 aromatic heterocycles. The lowest BCUT2D eigenvalue weighted by atomic mass is 10.1. The van der Waals surface area contributed by atoms with E-state index in [0.717, 1.165) is 16.7 Å². The van der Waals surface area contributed by atoms with Crippen molar-refractivity contribution in [1.82, 2.24) is 0 Å². The third-order valence-electron chi connectivity index (χ3n) is 3.70. The molecule has 0 fully saturated rings. The van der Waals surface area contributed by atoms with Gasteiger partial charge in [0.15, 0.2) is 18.1 Å². The molecule has 2 aromatic rings. The maximum Gasteiger partial charge on any atom is 0.331 e. The highest BCUT2D eigenvalue weighted by atomic mass is 16.5. The molecule has 0 saturated carbocycles. The second-order valence-electron chi connectivity index (χ2n) is 5.61. The Kier molecular flexibility index (Phi) is 7.26. The highest BCUT2D eigenvalue weighted by Gasteiger charge is 2.07. The number of esters is 1. The number of aryl methyl sites for hydroxylation is 1. The van der Waals surface area contributed by atoms with Crippen molar-refractivity contribution < 1.29 is 23.7 Å². The molecule has 0 aliphatic carbocycles. The molecule has 0 amide bonds. The molecule has 0 aliphatic rings. The molecule has 0 atom stereocenters. The van der Waals surface area contributed by atoms with Crippen LogP contribution in [0.25, 0.3) is 6.08 Å². The lowest BCUT2D eigenvalue weighted by Gasteiger charge is -2.09. The third-order valence-corrected chi connectivity index (χ3v) is 3.70. The summed E-state index contributed by atoms with van der Waals surface area (Å²) in [5.41, 5.74) is 2.60. The Morgan fingerprint density at radius 2 is 1.81 bits per heavy atom. The molecule has 2 aromatic carbocycles. The van der Waals surface area contributed by atoms with Gasteiger partial charge in [-0.15, -0.1) is 0 Å². The van der Waals surface area contributed by atoms with Crippen molar-refractivity contribution in [3.05, 3.63) is 59.2 Å². The predicted molar refractivity (Wildman–Crippen MR) is 101 cm³/mol. The zero-order valence-corrected chi connectivity index (χ0v) is 15.5. The van der Waals surface area contributed by atoms with E-state index in [1.165, 1.54) is 13.2 Å². The van der Waals surface area contributed by atoms with Crippen LogP contribution in [0, 0.1) is 18.3 Å². The number of ether oxygens (including phenoxy) is 4. The van der Waals surface area contributed by atoms with Crippen LogP contribution >= 0.6 is 0 Å². The maximum absolute atomic E-state index is 12.0. The Morgan fingerprint density at radius 1 is 1.07 bits per heavy atom. The van der Waals surface area contributed by atoms with Crippen LogP contribution in [0.2, 0.25) is 0 Å². The first-order valence-corrected chi connectivity index (χ1v) is 8.23. The first-order valence-electron chi connectivity index (χ1n) is 8.23. The normalized spacial score (nSPS) is 10.3. The molecule has 2 rings (SSSR count). The van der Waals surface area contributed by atoms with Gasteiger partial charge in [0, 0.05) is 11.6 Å². The van der Waals surface area contributed by atoms with Gasteiger partial charge in [-0.1, -0.05) is 17.7 Å². The summed E-state index contributed by atoms with van der Waals surface area (Å²) in [5.74, 6) is 1.15. The van der Waals surface area contributed by atoms with Gasteiger partial charge in [0.2, 0.25) is 0 Å². The van der Waals surface area contributed by atoms with Crippen LogP contribution in [0.5, 0.6) is 17.2 Å². The molecule has 0 N–H and O–H groups in total. The average Bonchev–Trinajstić information content (AvgIpc) is 2.69. The molecule has 0 radical (unpaired) electrons. The summed E-state index contributed by atoms with van der Waals surface area (Å²) >= 11 is 0. The monoisotopic (exact) mass is 367 g/mol. The maximum atomic E-state index is 12.0. The third kappa shape index (κ3) is 5.79. The smallest absolute Gasteiger partial charge is 0.331 e. The quantitative estimate of drug-likeness (QED) is 0.523. The van der Waals surface area contributed by atoms with Crippen molar-refractivity contribution in [3.8, 4) is 23.3 Å². The lowest BCUT2D eigenvalue weighted by Crippen LogP contribution is -2.02. The SMILES string of the molecule is COc1ccc(C)cc1COC(=O)/C=C/c1ccc(OCC#N)c(OC)c1. The first kappa shape index (κ1) is 19.9. The fourth-order valence-corrected chi connectivity index (χ4v) is 2.40. The Hall–Kier alpha value is -3.46. The molecule has 0 spiro atoms. The number of nitriles is 1. The van der Waals surface area contributed by atoms with Crippen LogP contribution in [0.1, 0.15) is 16.7 Å². The minimum Gasteiger partial charge on any atom is -0.496 e. The van der Waals surface area contributed by atoms with Crippen LogP contribution in [0.3, 0.4) is 0 Å². The average molecular weight is 367 g/mol. The predicted octanol–water partition coefficient (Wildman–Crippen LogP) is 3.67. The Bertz CT molecular complexity index is 867. The van der Waals surface area contributed by atoms with Gasteiger partial charge in [0.1, 0.15) is 18.4 Å². The Balaban J connectivity index is 2.00. The molecule has 0 saturated heterocycles. The fourth-order valence-electron chi connectivity index (χ4n) is 2.40. The second-order valence-corrected chi connectivity index (χ2v) is 5.61. The summed E-state index contributed by atoms with van der Waals surface area (Å²) < 4.78 is 21.1. The van der Waals surface area contributed by atoms with Gasteiger partial charge in [-0.3, -0.25) is 0 Å². The van der Waals surface area contributed by atoms with Crippen LogP contribution in [0.4, 0.5) is 0 Å². The molecule has 0 bridgehead atoms. The zero-order valence-electron chi connectivity index (χ0n) is 15.5. The summed E-state index contributed by atoms with van der Waals surface area (Å²) in [6.45, 7) is 2.01. The van der Waals surface area contributed by atoms with E-state index in [1.54, 1.807) is 31.4 Å². The van der Waals surface area contributed by atoms with Gasteiger partial charge in [-0.05, 0) is 42.8 Å². The largest absolute Gasteiger partial charge is 0.496 e. The van der Waals surface area contributed by atoms with E-state index >= 15 is 0 Å². The summed E-state index contributed by atoms with van der Waals surface area (Å²) in [4.78, 5) is 12.0. The molecule has 27 heavy (non-hydrogen) atoms. The van der Waals surface area contributed by atoms with Crippen molar-refractivity contribution in [1.29, 1.82) is 5.26 Å². The van der Waals surface area contributed by atoms with Gasteiger partial charge in [0.25, 0.3) is 0 Å². The molecule has 0 unspecified atom stereocenters. The van der Waals surface area contributed by atoms with E-state index < -0.39 is 5.97 Å². The molecular weight excluding hydrogens is 346 g/mol. The summed E-state index contributed by atoms with van der Waals surface area (Å²) in [6.07, 6.45) is 2.96. The standard InChI is InChI=1S/C21H21NO5/c1-15-4-7-18(24-2)17(12-15)14-27-21(23)9-6-16-5-8-19(26-11-10-22)20(13-16)25-3/h4-9,12-13H,11,14H2,1-3H3/b9-6+. The molecule has 0 heterocycles. The minimum absolute atomic E-state index is 0.0692. The van der Waals surface area contributed by atoms with Crippen molar-refractivity contribution in [2.75, 3.05) is 20.8 Å². The number of nitrogens with zero attached hydrogens (tertiary/aromatic N) is 1. The topological polar surface area (TPSA) is 77.8 Å². The Labute approximate surface area is 158 Å². The lowest BCUT2D eigenvalue weighted by molar-refractivity contribution is -0.138. The van der Waals surface area contributed by atoms with Crippen LogP contribution in [-0.4, -0.2) is 26.8 Å². The van der Waals surface area contributed by atoms with Crippen LogP contribution in [0.15, 0.2) is 42.5 Å². The van der Waals surface area contributed by atoms with E-state index in [0.29, 0.717) is 17.2 Å². The summed E-state index contributed by atoms with van der Waals surface area (Å²) in [6, 6.07) is 12.7. The van der Waals surface area contributed by atoms with E-state index in [4.69, 9.17) is 24.2 Å².